The standard InChI is InChI=1S/C15H31N/c1-4-6-7-8-10-14(3)16-13-15(5-2)11-9-12-15/h14,16H,4-13H2,1-3H3. The minimum atomic E-state index is 0.678. The first-order valence-corrected chi connectivity index (χ1v) is 7.46. The third-order valence-electron chi connectivity index (χ3n) is 4.48. The lowest BCUT2D eigenvalue weighted by Crippen LogP contribution is -2.42. The second-order valence-corrected chi connectivity index (χ2v) is 5.84. The van der Waals surface area contributed by atoms with Gasteiger partial charge in [-0.1, -0.05) is 46.0 Å². The Labute approximate surface area is 102 Å². The normalized spacial score (nSPS) is 20.4. The van der Waals surface area contributed by atoms with Crippen molar-refractivity contribution in [3.63, 3.8) is 0 Å². The number of nitrogens with one attached hydrogen (secondary N) is 1. The van der Waals surface area contributed by atoms with Gasteiger partial charge in [0.1, 0.15) is 0 Å². The van der Waals surface area contributed by atoms with Gasteiger partial charge in [-0.25, -0.2) is 0 Å². The largest absolute Gasteiger partial charge is 0.314 e. The first-order valence-electron chi connectivity index (χ1n) is 7.46. The molecule has 1 fully saturated rings. The number of hydrogen-bond acceptors (Lipinski definition) is 1. The smallest absolute Gasteiger partial charge is 0.00389 e. The highest BCUT2D eigenvalue weighted by Gasteiger charge is 2.34. The average molecular weight is 225 g/mol. The highest BCUT2D eigenvalue weighted by Crippen LogP contribution is 2.43. The second-order valence-electron chi connectivity index (χ2n) is 5.84. The molecule has 1 unspecified atom stereocenters. The summed E-state index contributed by atoms with van der Waals surface area (Å²) in [6.07, 6.45) is 12.7. The van der Waals surface area contributed by atoms with Crippen LogP contribution >= 0.6 is 0 Å². The Morgan fingerprint density at radius 3 is 2.38 bits per heavy atom. The summed E-state index contributed by atoms with van der Waals surface area (Å²) in [6, 6.07) is 0.723. The lowest BCUT2D eigenvalue weighted by atomic mass is 9.67. The zero-order valence-corrected chi connectivity index (χ0v) is 11.6. The van der Waals surface area contributed by atoms with Crippen molar-refractivity contribution in [2.45, 2.75) is 84.6 Å². The minimum Gasteiger partial charge on any atom is -0.314 e. The first-order chi connectivity index (χ1) is 7.72. The lowest BCUT2D eigenvalue weighted by molar-refractivity contribution is 0.119. The van der Waals surface area contributed by atoms with Gasteiger partial charge in [-0.3, -0.25) is 0 Å². The summed E-state index contributed by atoms with van der Waals surface area (Å²) in [6.45, 7) is 8.25. The third-order valence-corrected chi connectivity index (χ3v) is 4.48. The number of rotatable bonds is 9. The highest BCUT2D eigenvalue weighted by molar-refractivity contribution is 4.88. The Morgan fingerprint density at radius 1 is 1.12 bits per heavy atom. The van der Waals surface area contributed by atoms with Gasteiger partial charge in [-0.05, 0) is 38.0 Å². The third kappa shape index (κ3) is 4.45. The van der Waals surface area contributed by atoms with Crippen molar-refractivity contribution in [2.24, 2.45) is 5.41 Å². The van der Waals surface area contributed by atoms with Gasteiger partial charge in [0, 0.05) is 12.6 Å². The fourth-order valence-electron chi connectivity index (χ4n) is 2.70. The molecule has 1 heteroatoms. The van der Waals surface area contributed by atoms with Gasteiger partial charge in [0.2, 0.25) is 0 Å². The van der Waals surface area contributed by atoms with Crippen LogP contribution in [0.15, 0.2) is 0 Å². The molecule has 0 aromatic heterocycles. The molecule has 0 amide bonds. The van der Waals surface area contributed by atoms with Crippen molar-refractivity contribution in [3.8, 4) is 0 Å². The van der Waals surface area contributed by atoms with E-state index < -0.39 is 0 Å². The summed E-state index contributed by atoms with van der Waals surface area (Å²) in [4.78, 5) is 0. The summed E-state index contributed by atoms with van der Waals surface area (Å²) in [5.41, 5.74) is 0.678. The van der Waals surface area contributed by atoms with E-state index >= 15 is 0 Å². The molecule has 0 saturated heterocycles. The van der Waals surface area contributed by atoms with Crippen LogP contribution in [0.1, 0.15) is 78.6 Å². The molecule has 1 aliphatic carbocycles. The van der Waals surface area contributed by atoms with Gasteiger partial charge >= 0.3 is 0 Å². The lowest BCUT2D eigenvalue weighted by Gasteiger charge is -2.42. The summed E-state index contributed by atoms with van der Waals surface area (Å²) >= 11 is 0. The van der Waals surface area contributed by atoms with Crippen LogP contribution in [0.4, 0.5) is 0 Å². The molecule has 0 spiro atoms. The van der Waals surface area contributed by atoms with Crippen LogP contribution in [-0.2, 0) is 0 Å². The van der Waals surface area contributed by atoms with Gasteiger partial charge in [0.15, 0.2) is 0 Å². The van der Waals surface area contributed by atoms with E-state index in [0.717, 1.165) is 6.04 Å². The summed E-state index contributed by atoms with van der Waals surface area (Å²) < 4.78 is 0. The van der Waals surface area contributed by atoms with E-state index in [4.69, 9.17) is 0 Å². The fourth-order valence-corrected chi connectivity index (χ4v) is 2.70. The summed E-state index contributed by atoms with van der Waals surface area (Å²) in [5, 5.41) is 3.75. The van der Waals surface area contributed by atoms with Gasteiger partial charge in [-0.2, -0.15) is 0 Å². The van der Waals surface area contributed by atoms with E-state index in [1.165, 1.54) is 64.3 Å². The van der Waals surface area contributed by atoms with Crippen LogP contribution in [0.5, 0.6) is 0 Å². The van der Waals surface area contributed by atoms with Crippen molar-refractivity contribution in [1.82, 2.24) is 5.32 Å². The van der Waals surface area contributed by atoms with Crippen LogP contribution < -0.4 is 5.32 Å². The summed E-state index contributed by atoms with van der Waals surface area (Å²) in [5.74, 6) is 0. The van der Waals surface area contributed by atoms with Crippen LogP contribution in [0.2, 0.25) is 0 Å². The van der Waals surface area contributed by atoms with Crippen molar-refractivity contribution in [1.29, 1.82) is 0 Å². The monoisotopic (exact) mass is 225 g/mol. The Bertz CT molecular complexity index is 167. The Morgan fingerprint density at radius 2 is 1.88 bits per heavy atom. The molecule has 96 valence electrons. The quantitative estimate of drug-likeness (QED) is 0.569. The molecule has 16 heavy (non-hydrogen) atoms. The molecule has 0 aliphatic heterocycles. The Hall–Kier alpha value is -0.0400. The van der Waals surface area contributed by atoms with Gasteiger partial charge < -0.3 is 5.32 Å². The maximum Gasteiger partial charge on any atom is 0.00389 e. The van der Waals surface area contributed by atoms with E-state index in [-0.39, 0.29) is 0 Å². The maximum atomic E-state index is 3.75. The molecule has 0 aromatic carbocycles. The molecular weight excluding hydrogens is 194 g/mol. The molecule has 1 aliphatic rings. The van der Waals surface area contributed by atoms with Crippen molar-refractivity contribution in [2.75, 3.05) is 6.54 Å². The van der Waals surface area contributed by atoms with Crippen LogP contribution in [0.25, 0.3) is 0 Å². The van der Waals surface area contributed by atoms with Crippen molar-refractivity contribution < 1.29 is 0 Å². The van der Waals surface area contributed by atoms with Crippen molar-refractivity contribution in [3.05, 3.63) is 0 Å². The SMILES string of the molecule is CCCCCCC(C)NCC1(CC)CCC1. The molecule has 1 atom stereocenters. The zero-order chi connectivity index (χ0) is 11.9. The maximum absolute atomic E-state index is 3.75. The van der Waals surface area contributed by atoms with Gasteiger partial charge in [0.05, 0.1) is 0 Å². The highest BCUT2D eigenvalue weighted by atomic mass is 14.9. The minimum absolute atomic E-state index is 0.678. The Balaban J connectivity index is 2.03. The molecule has 0 bridgehead atoms. The molecular formula is C15H31N. The second kappa shape index (κ2) is 7.32. The van der Waals surface area contributed by atoms with Crippen LogP contribution in [-0.4, -0.2) is 12.6 Å². The molecule has 0 heterocycles. The van der Waals surface area contributed by atoms with E-state index in [1.54, 1.807) is 0 Å². The van der Waals surface area contributed by atoms with E-state index in [2.05, 4.69) is 26.1 Å². The van der Waals surface area contributed by atoms with Crippen LogP contribution in [0, 0.1) is 5.41 Å². The van der Waals surface area contributed by atoms with E-state index in [1.807, 2.05) is 0 Å². The molecule has 1 saturated carbocycles. The predicted octanol–water partition coefficient (Wildman–Crippen LogP) is 4.52. The zero-order valence-electron chi connectivity index (χ0n) is 11.6. The summed E-state index contributed by atoms with van der Waals surface area (Å²) in [7, 11) is 0. The topological polar surface area (TPSA) is 12.0 Å². The molecule has 1 rings (SSSR count). The molecule has 0 aromatic rings. The molecule has 1 N–H and O–H groups in total. The van der Waals surface area contributed by atoms with Crippen molar-refractivity contribution >= 4 is 0 Å². The molecule has 1 nitrogen and oxygen atoms in total. The Kier molecular flexibility index (Phi) is 6.41. The average Bonchev–Trinajstić information content (AvgIpc) is 2.24. The van der Waals surface area contributed by atoms with Gasteiger partial charge in [-0.15, -0.1) is 0 Å². The van der Waals surface area contributed by atoms with E-state index in [0.29, 0.717) is 5.41 Å². The van der Waals surface area contributed by atoms with Gasteiger partial charge in [0.25, 0.3) is 0 Å². The van der Waals surface area contributed by atoms with E-state index in [9.17, 15) is 0 Å². The van der Waals surface area contributed by atoms with Crippen LogP contribution in [0.3, 0.4) is 0 Å². The number of unbranched alkanes of at least 4 members (excludes halogenated alkanes) is 3. The predicted molar refractivity (Wildman–Crippen MR) is 72.8 cm³/mol. The molecule has 0 radical (unpaired) electrons. The fraction of sp³-hybridized carbons (Fsp3) is 1.00. The number of hydrogen-bond donors (Lipinski definition) is 1. The first kappa shape index (κ1) is 14.0.